The largest absolute Gasteiger partial charge is 0.338 e. The molecular weight excluding hydrogens is 282 g/mol. The van der Waals surface area contributed by atoms with E-state index in [0.717, 1.165) is 22.8 Å². The van der Waals surface area contributed by atoms with Crippen molar-refractivity contribution in [2.45, 2.75) is 18.8 Å². The number of pyridine rings is 1. The zero-order valence-corrected chi connectivity index (χ0v) is 12.8. The molecule has 0 amide bonds. The van der Waals surface area contributed by atoms with E-state index in [0.29, 0.717) is 18.8 Å². The van der Waals surface area contributed by atoms with Crippen LogP contribution in [0.25, 0.3) is 0 Å². The zero-order valence-electron chi connectivity index (χ0n) is 11.2. The first kappa shape index (κ1) is 14.6. The van der Waals surface area contributed by atoms with Gasteiger partial charge in [0.1, 0.15) is 11.2 Å². The molecule has 0 bridgehead atoms. The smallest absolute Gasteiger partial charge is 0.169 e. The van der Waals surface area contributed by atoms with Gasteiger partial charge in [0.15, 0.2) is 9.84 Å². The van der Waals surface area contributed by atoms with E-state index in [4.69, 9.17) is 5.73 Å². The van der Waals surface area contributed by atoms with Crippen LogP contribution in [-0.4, -0.2) is 43.1 Å². The van der Waals surface area contributed by atoms with Crippen LogP contribution in [0, 0.1) is 6.92 Å². The molecule has 5 nitrogen and oxygen atoms in total. The van der Waals surface area contributed by atoms with Gasteiger partial charge in [0.2, 0.25) is 0 Å². The van der Waals surface area contributed by atoms with Crippen LogP contribution in [0.3, 0.4) is 0 Å². The Morgan fingerprint density at radius 1 is 1.53 bits per heavy atom. The van der Waals surface area contributed by atoms with Crippen molar-refractivity contribution < 1.29 is 8.42 Å². The van der Waals surface area contributed by atoms with Gasteiger partial charge < -0.3 is 10.6 Å². The van der Waals surface area contributed by atoms with E-state index in [9.17, 15) is 8.42 Å². The third-order valence-electron chi connectivity index (χ3n) is 3.27. The fourth-order valence-corrected chi connectivity index (χ4v) is 4.98. The molecule has 2 N–H and O–H groups in total. The first-order valence-corrected chi connectivity index (χ1v) is 9.24. The van der Waals surface area contributed by atoms with Crippen molar-refractivity contribution in [3.05, 3.63) is 23.4 Å². The molecule has 1 atom stereocenters. The lowest BCUT2D eigenvalue weighted by molar-refractivity contribution is 0.583. The molecule has 1 aliphatic rings. The molecule has 0 spiro atoms. The lowest BCUT2D eigenvalue weighted by atomic mass is 10.2. The van der Waals surface area contributed by atoms with Crippen LogP contribution < -0.4 is 10.6 Å². The Bertz CT molecular complexity index is 560. The number of aryl methyl sites for hydroxylation is 1. The molecule has 1 saturated heterocycles. The Hall–Kier alpha value is -0.790. The summed E-state index contributed by atoms with van der Waals surface area (Å²) in [5, 5.41) is -0.484. The lowest BCUT2D eigenvalue weighted by Gasteiger charge is -2.35. The van der Waals surface area contributed by atoms with Crippen molar-refractivity contribution in [1.29, 1.82) is 0 Å². The predicted molar refractivity (Wildman–Crippen MR) is 80.2 cm³/mol. The number of aromatic nitrogens is 1. The lowest BCUT2D eigenvalue weighted by Crippen LogP contribution is -2.47. The molecule has 1 fully saturated rings. The summed E-state index contributed by atoms with van der Waals surface area (Å²) in [6.07, 6.45) is 1.29. The summed E-state index contributed by atoms with van der Waals surface area (Å²) in [5.41, 5.74) is 7.48. The summed E-state index contributed by atoms with van der Waals surface area (Å²) in [7, 11) is -3.11. The first-order valence-electron chi connectivity index (χ1n) is 6.13. The Balaban J connectivity index is 2.35. The minimum Gasteiger partial charge on any atom is -0.338 e. The minimum atomic E-state index is -3.11. The van der Waals surface area contributed by atoms with Crippen LogP contribution in [0.5, 0.6) is 0 Å². The van der Waals surface area contributed by atoms with Crippen LogP contribution in [0.2, 0.25) is 0 Å². The molecule has 0 aliphatic carbocycles. The molecule has 2 rings (SSSR count). The second-order valence-electron chi connectivity index (χ2n) is 4.67. The zero-order chi connectivity index (χ0) is 14.0. The number of sulfone groups is 1. The highest BCUT2D eigenvalue weighted by atomic mass is 32.2. The maximum atomic E-state index is 11.9. The van der Waals surface area contributed by atoms with Crippen LogP contribution in [0.15, 0.2) is 12.1 Å². The van der Waals surface area contributed by atoms with Crippen molar-refractivity contribution >= 4 is 27.4 Å². The molecule has 1 unspecified atom stereocenters. The van der Waals surface area contributed by atoms with Crippen LogP contribution in [-0.2, 0) is 16.4 Å². The Labute approximate surface area is 118 Å². The van der Waals surface area contributed by atoms with Crippen molar-refractivity contribution in [2.24, 2.45) is 5.73 Å². The fraction of sp³-hybridized carbons (Fsp3) is 0.583. The molecule has 1 aromatic heterocycles. The fourth-order valence-electron chi connectivity index (χ4n) is 2.15. The maximum absolute atomic E-state index is 11.9. The van der Waals surface area contributed by atoms with Crippen LogP contribution in [0.1, 0.15) is 11.3 Å². The summed E-state index contributed by atoms with van der Waals surface area (Å²) in [5.74, 6) is 2.24. The topological polar surface area (TPSA) is 76.3 Å². The highest BCUT2D eigenvalue weighted by Gasteiger charge is 2.31. The Kier molecular flexibility index (Phi) is 4.37. The van der Waals surface area contributed by atoms with E-state index in [-0.39, 0.29) is 0 Å². The standard InChI is InChI=1S/C12H19N3O2S2/c1-9-10(7-13)3-4-11(14-9)15-5-6-18-8-12(15)19(2,16)17/h3-4,12H,5-8,13H2,1-2H3. The van der Waals surface area contributed by atoms with Gasteiger partial charge in [-0.2, -0.15) is 11.8 Å². The molecular formula is C12H19N3O2S2. The van der Waals surface area contributed by atoms with Crippen molar-refractivity contribution in [3.8, 4) is 0 Å². The number of hydrogen-bond donors (Lipinski definition) is 1. The van der Waals surface area contributed by atoms with Gasteiger partial charge in [0.25, 0.3) is 0 Å². The molecule has 1 aromatic rings. The minimum absolute atomic E-state index is 0.449. The van der Waals surface area contributed by atoms with E-state index >= 15 is 0 Å². The van der Waals surface area contributed by atoms with Gasteiger partial charge >= 0.3 is 0 Å². The van der Waals surface area contributed by atoms with Gasteiger partial charge in [0, 0.05) is 36.5 Å². The summed E-state index contributed by atoms with van der Waals surface area (Å²) in [6, 6.07) is 3.79. The van der Waals surface area contributed by atoms with Gasteiger partial charge in [0.05, 0.1) is 0 Å². The SMILES string of the molecule is Cc1nc(N2CCSCC2S(C)(=O)=O)ccc1CN. The molecule has 0 aromatic carbocycles. The van der Waals surface area contributed by atoms with E-state index < -0.39 is 15.2 Å². The highest BCUT2D eigenvalue weighted by molar-refractivity contribution is 8.01. The predicted octanol–water partition coefficient (Wildman–Crippen LogP) is 0.773. The second kappa shape index (κ2) is 5.68. The van der Waals surface area contributed by atoms with Gasteiger partial charge in [-0.3, -0.25) is 0 Å². The molecule has 106 valence electrons. The number of anilines is 1. The van der Waals surface area contributed by atoms with Crippen molar-refractivity contribution in [3.63, 3.8) is 0 Å². The maximum Gasteiger partial charge on any atom is 0.169 e. The number of hydrogen-bond acceptors (Lipinski definition) is 6. The van der Waals surface area contributed by atoms with Gasteiger partial charge in [-0.1, -0.05) is 6.07 Å². The van der Waals surface area contributed by atoms with Crippen LogP contribution in [0.4, 0.5) is 5.82 Å². The third kappa shape index (κ3) is 3.21. The second-order valence-corrected chi connectivity index (χ2v) is 8.02. The molecule has 0 radical (unpaired) electrons. The summed E-state index contributed by atoms with van der Waals surface area (Å²) in [6.45, 7) is 3.06. The van der Waals surface area contributed by atoms with Gasteiger partial charge in [-0.15, -0.1) is 0 Å². The normalized spacial score (nSPS) is 20.6. The summed E-state index contributed by atoms with van der Waals surface area (Å²) in [4.78, 5) is 6.39. The van der Waals surface area contributed by atoms with Gasteiger partial charge in [-0.05, 0) is 18.6 Å². The Morgan fingerprint density at radius 2 is 2.26 bits per heavy atom. The average Bonchev–Trinajstić information content (AvgIpc) is 2.37. The number of nitrogens with two attached hydrogens (primary N) is 1. The molecule has 2 heterocycles. The van der Waals surface area contributed by atoms with E-state index in [1.165, 1.54) is 6.26 Å². The molecule has 19 heavy (non-hydrogen) atoms. The van der Waals surface area contributed by atoms with Crippen molar-refractivity contribution in [1.82, 2.24) is 4.98 Å². The summed E-state index contributed by atoms with van der Waals surface area (Å²) < 4.78 is 23.8. The number of nitrogens with zero attached hydrogens (tertiary/aromatic N) is 2. The average molecular weight is 301 g/mol. The van der Waals surface area contributed by atoms with Gasteiger partial charge in [-0.25, -0.2) is 13.4 Å². The molecule has 0 saturated carbocycles. The Morgan fingerprint density at radius 3 is 2.84 bits per heavy atom. The number of rotatable bonds is 3. The quantitative estimate of drug-likeness (QED) is 0.889. The van der Waals surface area contributed by atoms with E-state index in [2.05, 4.69) is 4.98 Å². The highest BCUT2D eigenvalue weighted by Crippen LogP contribution is 2.26. The summed E-state index contributed by atoms with van der Waals surface area (Å²) >= 11 is 1.67. The molecule has 7 heteroatoms. The molecule has 1 aliphatic heterocycles. The first-order chi connectivity index (χ1) is 8.93. The monoisotopic (exact) mass is 301 g/mol. The van der Waals surface area contributed by atoms with E-state index in [1.54, 1.807) is 11.8 Å². The van der Waals surface area contributed by atoms with Crippen molar-refractivity contribution in [2.75, 3.05) is 29.2 Å². The van der Waals surface area contributed by atoms with E-state index in [1.807, 2.05) is 24.0 Å². The number of thioether (sulfide) groups is 1. The van der Waals surface area contributed by atoms with Crippen LogP contribution >= 0.6 is 11.8 Å². The third-order valence-corrected chi connectivity index (χ3v) is 5.92.